The Balaban J connectivity index is 1.47. The van der Waals surface area contributed by atoms with Crippen molar-refractivity contribution in [1.29, 1.82) is 0 Å². The lowest BCUT2D eigenvalue weighted by molar-refractivity contribution is 0.579. The molecule has 0 spiro atoms. The topological polar surface area (TPSA) is 92.5 Å². The summed E-state index contributed by atoms with van der Waals surface area (Å²) in [6.07, 6.45) is 2.64. The van der Waals surface area contributed by atoms with Gasteiger partial charge in [0.2, 0.25) is 10.0 Å². The van der Waals surface area contributed by atoms with E-state index >= 15 is 0 Å². The number of hydrogen-bond donors (Lipinski definition) is 1. The number of nitrogens with zero attached hydrogens (tertiary/aromatic N) is 5. The maximum atomic E-state index is 13.0. The molecule has 142 valence electrons. The van der Waals surface area contributed by atoms with Gasteiger partial charge < -0.3 is 4.90 Å². The Morgan fingerprint density at radius 3 is 2.52 bits per heavy atom. The molecule has 2 aromatic heterocycles. The zero-order chi connectivity index (χ0) is 18.9. The first-order valence-electron chi connectivity index (χ1n) is 8.74. The molecule has 1 fully saturated rings. The summed E-state index contributed by atoms with van der Waals surface area (Å²) in [6, 6.07) is 8.48. The summed E-state index contributed by atoms with van der Waals surface area (Å²) in [7, 11) is -3.71. The van der Waals surface area contributed by atoms with Gasteiger partial charge in [-0.05, 0) is 49.2 Å². The summed E-state index contributed by atoms with van der Waals surface area (Å²) < 4.78 is 41.6. The SMILES string of the molecule is O=S(=O)(NCCc1nnc2ccc(N3CCCC3)nn12)c1ccc(F)cc1. The molecule has 1 aliphatic rings. The molecule has 27 heavy (non-hydrogen) atoms. The van der Waals surface area contributed by atoms with Crippen LogP contribution in [0.2, 0.25) is 0 Å². The maximum absolute atomic E-state index is 13.0. The summed E-state index contributed by atoms with van der Waals surface area (Å²) >= 11 is 0. The third-order valence-corrected chi connectivity index (χ3v) is 5.98. The predicted octanol–water partition coefficient (Wildman–Crippen LogP) is 1.38. The molecule has 0 radical (unpaired) electrons. The van der Waals surface area contributed by atoms with Crippen molar-refractivity contribution in [2.45, 2.75) is 24.2 Å². The van der Waals surface area contributed by atoms with Gasteiger partial charge in [-0.25, -0.2) is 17.5 Å². The third-order valence-electron chi connectivity index (χ3n) is 4.51. The van der Waals surface area contributed by atoms with Crippen molar-refractivity contribution >= 4 is 21.5 Å². The number of halogens is 1. The summed E-state index contributed by atoms with van der Waals surface area (Å²) in [4.78, 5) is 2.23. The van der Waals surface area contributed by atoms with Crippen LogP contribution < -0.4 is 9.62 Å². The molecule has 1 N–H and O–H groups in total. The van der Waals surface area contributed by atoms with Crippen molar-refractivity contribution in [2.24, 2.45) is 0 Å². The number of hydrogen-bond acceptors (Lipinski definition) is 6. The zero-order valence-electron chi connectivity index (χ0n) is 14.5. The molecule has 4 rings (SSSR count). The van der Waals surface area contributed by atoms with Crippen LogP contribution in [0.3, 0.4) is 0 Å². The Morgan fingerprint density at radius 1 is 1.04 bits per heavy atom. The molecule has 0 aliphatic carbocycles. The standard InChI is InChI=1S/C17H19FN6O2S/c18-13-3-5-14(6-4-13)27(25,26)19-10-9-16-21-20-15-7-8-17(22-24(15)16)23-11-1-2-12-23/h3-8,19H,1-2,9-12H2. The number of aromatic nitrogens is 4. The quantitative estimate of drug-likeness (QED) is 0.684. The van der Waals surface area contributed by atoms with Gasteiger partial charge in [-0.1, -0.05) is 0 Å². The Labute approximate surface area is 156 Å². The van der Waals surface area contributed by atoms with Gasteiger partial charge in [0.05, 0.1) is 4.90 Å². The van der Waals surface area contributed by atoms with E-state index in [1.165, 1.54) is 12.1 Å². The smallest absolute Gasteiger partial charge is 0.240 e. The van der Waals surface area contributed by atoms with Crippen LogP contribution in [0, 0.1) is 5.82 Å². The van der Waals surface area contributed by atoms with Gasteiger partial charge in [-0.2, -0.15) is 4.52 Å². The van der Waals surface area contributed by atoms with E-state index in [2.05, 4.69) is 24.9 Å². The fourth-order valence-electron chi connectivity index (χ4n) is 3.09. The van der Waals surface area contributed by atoms with E-state index in [9.17, 15) is 12.8 Å². The molecule has 1 saturated heterocycles. The molecule has 1 aliphatic heterocycles. The van der Waals surface area contributed by atoms with Crippen molar-refractivity contribution in [1.82, 2.24) is 24.5 Å². The Kier molecular flexibility index (Phi) is 4.75. The minimum absolute atomic E-state index is 0.0180. The monoisotopic (exact) mass is 390 g/mol. The van der Waals surface area contributed by atoms with Crippen molar-refractivity contribution in [3.63, 3.8) is 0 Å². The van der Waals surface area contributed by atoms with E-state index in [1.807, 2.05) is 12.1 Å². The summed E-state index contributed by atoms with van der Waals surface area (Å²) in [6.45, 7) is 2.09. The summed E-state index contributed by atoms with van der Waals surface area (Å²) in [5.74, 6) is 0.963. The molecule has 1 aromatic carbocycles. The number of anilines is 1. The van der Waals surface area contributed by atoms with Crippen LogP contribution in [0.5, 0.6) is 0 Å². The average Bonchev–Trinajstić information content (AvgIpc) is 3.32. The molecule has 10 heteroatoms. The second-order valence-corrected chi connectivity index (χ2v) is 8.14. The van der Waals surface area contributed by atoms with Gasteiger partial charge in [0.15, 0.2) is 11.5 Å². The lowest BCUT2D eigenvalue weighted by Gasteiger charge is -2.15. The second-order valence-electron chi connectivity index (χ2n) is 6.37. The van der Waals surface area contributed by atoms with Crippen molar-refractivity contribution in [2.75, 3.05) is 24.5 Å². The fraction of sp³-hybridized carbons (Fsp3) is 0.353. The van der Waals surface area contributed by atoms with Gasteiger partial charge in [-0.15, -0.1) is 15.3 Å². The number of sulfonamides is 1. The first kappa shape index (κ1) is 17.8. The molecular weight excluding hydrogens is 371 g/mol. The Hall–Kier alpha value is -2.59. The fourth-order valence-corrected chi connectivity index (χ4v) is 4.12. The third kappa shape index (κ3) is 3.76. The number of nitrogens with one attached hydrogen (secondary N) is 1. The van der Waals surface area contributed by atoms with Crippen LogP contribution >= 0.6 is 0 Å². The van der Waals surface area contributed by atoms with E-state index in [1.54, 1.807) is 4.52 Å². The molecule has 0 unspecified atom stereocenters. The number of benzene rings is 1. The Bertz CT molecular complexity index is 1040. The molecule has 3 heterocycles. The molecule has 0 saturated carbocycles. The van der Waals surface area contributed by atoms with Gasteiger partial charge in [0.25, 0.3) is 0 Å². The van der Waals surface area contributed by atoms with Crippen LogP contribution in [0.15, 0.2) is 41.3 Å². The highest BCUT2D eigenvalue weighted by Crippen LogP contribution is 2.18. The first-order valence-corrected chi connectivity index (χ1v) is 10.2. The van der Waals surface area contributed by atoms with Gasteiger partial charge >= 0.3 is 0 Å². The van der Waals surface area contributed by atoms with E-state index in [-0.39, 0.29) is 11.4 Å². The molecule has 0 bridgehead atoms. The van der Waals surface area contributed by atoms with E-state index < -0.39 is 15.8 Å². The zero-order valence-corrected chi connectivity index (χ0v) is 15.4. The molecule has 0 atom stereocenters. The molecule has 3 aromatic rings. The first-order chi connectivity index (χ1) is 13.0. The summed E-state index contributed by atoms with van der Waals surface area (Å²) in [5.41, 5.74) is 0.620. The highest BCUT2D eigenvalue weighted by atomic mass is 32.2. The van der Waals surface area contributed by atoms with E-state index in [0.29, 0.717) is 17.9 Å². The van der Waals surface area contributed by atoms with Crippen LogP contribution in [0.4, 0.5) is 10.2 Å². The van der Waals surface area contributed by atoms with Crippen molar-refractivity contribution < 1.29 is 12.8 Å². The largest absolute Gasteiger partial charge is 0.355 e. The van der Waals surface area contributed by atoms with Crippen LogP contribution in [0.25, 0.3) is 5.65 Å². The second kappa shape index (κ2) is 7.20. The minimum atomic E-state index is -3.71. The van der Waals surface area contributed by atoms with Crippen molar-refractivity contribution in [3.8, 4) is 0 Å². The normalized spacial score (nSPS) is 14.9. The highest BCUT2D eigenvalue weighted by Gasteiger charge is 2.17. The molecule has 0 amide bonds. The molecular formula is C17H19FN6O2S. The predicted molar refractivity (Wildman–Crippen MR) is 97.5 cm³/mol. The number of fused-ring (bicyclic) bond motifs is 1. The average molecular weight is 390 g/mol. The highest BCUT2D eigenvalue weighted by molar-refractivity contribution is 7.89. The van der Waals surface area contributed by atoms with Crippen molar-refractivity contribution in [3.05, 3.63) is 48.0 Å². The minimum Gasteiger partial charge on any atom is -0.355 e. The maximum Gasteiger partial charge on any atom is 0.240 e. The van der Waals surface area contributed by atoms with Crippen LogP contribution in [0.1, 0.15) is 18.7 Å². The summed E-state index contributed by atoms with van der Waals surface area (Å²) in [5, 5.41) is 12.8. The lowest BCUT2D eigenvalue weighted by atomic mass is 10.4. The van der Waals surface area contributed by atoms with Gasteiger partial charge in [-0.3, -0.25) is 0 Å². The van der Waals surface area contributed by atoms with Crippen LogP contribution in [-0.2, 0) is 16.4 Å². The lowest BCUT2D eigenvalue weighted by Crippen LogP contribution is -2.26. The van der Waals surface area contributed by atoms with Gasteiger partial charge in [0.1, 0.15) is 11.6 Å². The van der Waals surface area contributed by atoms with Crippen LogP contribution in [-0.4, -0.2) is 47.9 Å². The Morgan fingerprint density at radius 2 is 1.78 bits per heavy atom. The number of rotatable bonds is 6. The van der Waals surface area contributed by atoms with Gasteiger partial charge in [0, 0.05) is 26.1 Å². The van der Waals surface area contributed by atoms with E-state index in [4.69, 9.17) is 0 Å². The van der Waals surface area contributed by atoms with E-state index in [0.717, 1.165) is 43.9 Å². The molecule has 8 nitrogen and oxygen atoms in total.